The first-order valence-corrected chi connectivity index (χ1v) is 44.7. The minimum Gasteiger partial charge on any atom is -0.455 e. The minimum atomic E-state index is -0.478. The van der Waals surface area contributed by atoms with Crippen LogP contribution in [0.15, 0.2) is 268 Å². The number of benzene rings is 9. The second-order valence-electron chi connectivity index (χ2n) is 35.8. The lowest BCUT2D eigenvalue weighted by atomic mass is 9.92. The van der Waals surface area contributed by atoms with Crippen LogP contribution in [0.25, 0.3) is 82.7 Å². The molecule has 0 saturated heterocycles. The first-order valence-electron chi connectivity index (χ1n) is 44.7. The number of nitrogens with zero attached hydrogens (tertiary/aromatic N) is 10. The lowest BCUT2D eigenvalue weighted by Crippen LogP contribution is -2.21. The van der Waals surface area contributed by atoms with E-state index in [9.17, 15) is 42.7 Å². The van der Waals surface area contributed by atoms with Gasteiger partial charge in [-0.2, -0.15) is 15.3 Å². The highest BCUT2D eigenvalue weighted by Gasteiger charge is 2.27. The standard InChI is InChI=1S/C30H26FN7O3.C25H25N7O3.C24H19N5O3.C23H27N7O3/c1-30(2,3)24-16-25(38(37-24)18-10-8-17(31)9-11-18)34-28(39)33-21-12-13-22(20-7-5-4-6-19(20)21)41-23-14-15-32-27-26(23)35-29(40)36-27;1-25(2,3)19-13-20(32(4)31-19)28-23(33)27-16-9-10-17(15-8-6-5-7-14(15)16)35-18-11-12-26-22-21(18)29-24(34)30-22;1-14-5-4-6-15(13-14)26-23(30)27-18-9-10-19(17-8-3-2-7-16(17)18)32-20-11-12-25-22-21(20)28-24(31)29-22;1-5-12-30-18(13-17(29-30)23(2,3)4)26-21(31)25-14-6-8-15(9-7-14)33-16-10-11-24-20-19(16)27-22(32)28-20/h4-16H,1-3H3,(H2,33,34,39)(H2,32,35,36,40);5-13H,1-4H3,(H2,27,28,33)(H2,26,29,30,34);2-13H,1H3,(H2,26,27,30)(H2,25,28,29,31);6-11,13H,5,12H2,1-4H3,(H2,25,26,31)(H2,24,27,28,32). The van der Waals surface area contributed by atoms with Gasteiger partial charge in [-0.15, -0.1) is 0 Å². The first-order chi connectivity index (χ1) is 67.6. The van der Waals surface area contributed by atoms with Crippen LogP contribution < -0.4 is 84.2 Å². The van der Waals surface area contributed by atoms with Gasteiger partial charge in [0.2, 0.25) is 0 Å². The third-order valence-electron chi connectivity index (χ3n) is 22.1. The smallest absolute Gasteiger partial charge is 0.325 e. The van der Waals surface area contributed by atoms with Gasteiger partial charge in [-0.3, -0.25) is 40.6 Å². The minimum absolute atomic E-state index is 0.116. The summed E-state index contributed by atoms with van der Waals surface area (Å²) in [4.78, 5) is 136. The van der Waals surface area contributed by atoms with E-state index in [-0.39, 0.29) is 62.9 Å². The van der Waals surface area contributed by atoms with Crippen molar-refractivity contribution in [1.29, 1.82) is 0 Å². The molecule has 0 aliphatic heterocycles. The molecule has 16 N–H and O–H groups in total. The van der Waals surface area contributed by atoms with Crippen LogP contribution in [-0.4, -0.2) is 113 Å². The number of nitrogens with one attached hydrogen (secondary N) is 16. The molecule has 20 rings (SSSR count). The van der Waals surface area contributed by atoms with E-state index in [1.807, 2.05) is 142 Å². The van der Waals surface area contributed by atoms with E-state index in [1.165, 1.54) is 12.1 Å². The van der Waals surface area contributed by atoms with E-state index in [2.05, 4.69) is 166 Å². The zero-order valence-corrected chi connectivity index (χ0v) is 78.3. The third kappa shape index (κ3) is 22.0. The molecule has 0 fully saturated rings. The molecule has 714 valence electrons. The second kappa shape index (κ2) is 39.7. The predicted octanol–water partition coefficient (Wildman–Crippen LogP) is 21.1. The molecule has 141 heavy (non-hydrogen) atoms. The van der Waals surface area contributed by atoms with Gasteiger partial charge in [-0.25, -0.2) is 72.0 Å². The molecule has 9 aromatic carbocycles. The highest BCUT2D eigenvalue weighted by Crippen LogP contribution is 2.41. The lowest BCUT2D eigenvalue weighted by molar-refractivity contribution is 0.261. The van der Waals surface area contributed by atoms with Crippen LogP contribution in [0.4, 0.5) is 69.5 Å². The van der Waals surface area contributed by atoms with Gasteiger partial charge in [-0.1, -0.05) is 154 Å². The number of aryl methyl sites for hydroxylation is 3. The molecule has 0 radical (unpaired) electrons. The Morgan fingerprint density at radius 2 is 0.709 bits per heavy atom. The molecule has 0 spiro atoms. The zero-order valence-electron chi connectivity index (χ0n) is 78.3. The summed E-state index contributed by atoms with van der Waals surface area (Å²) in [6.07, 6.45) is 7.13. The van der Waals surface area contributed by atoms with Crippen LogP contribution in [0.1, 0.15) is 98.3 Å². The Kier molecular flexibility index (Phi) is 26.5. The molecule has 0 saturated carbocycles. The summed E-state index contributed by atoms with van der Waals surface area (Å²) in [5, 5.41) is 41.6. The fourth-order valence-electron chi connectivity index (χ4n) is 15.1. The average molecular weight is 1900 g/mol. The summed E-state index contributed by atoms with van der Waals surface area (Å²) >= 11 is 0. The number of anilines is 8. The van der Waals surface area contributed by atoms with E-state index in [1.54, 1.807) is 144 Å². The maximum atomic E-state index is 13.6. The molecular weight excluding hydrogens is 1800 g/mol. The van der Waals surface area contributed by atoms with Gasteiger partial charge < -0.3 is 65.5 Å². The molecule has 39 heteroatoms. The largest absolute Gasteiger partial charge is 0.455 e. The quantitative estimate of drug-likeness (QED) is 0.0357. The third-order valence-corrected chi connectivity index (χ3v) is 22.1. The van der Waals surface area contributed by atoms with Crippen molar-refractivity contribution in [2.75, 3.05) is 42.5 Å². The van der Waals surface area contributed by atoms with Crippen LogP contribution >= 0.6 is 0 Å². The van der Waals surface area contributed by atoms with Gasteiger partial charge >= 0.3 is 46.9 Å². The first kappa shape index (κ1) is 94.1. The van der Waals surface area contributed by atoms with Crippen LogP contribution in [-0.2, 0) is 29.8 Å². The molecule has 0 aliphatic rings. The number of halogens is 1. The van der Waals surface area contributed by atoms with Gasteiger partial charge in [0.05, 0.1) is 39.8 Å². The number of carbonyl (C=O) groups excluding carboxylic acids is 4. The monoisotopic (exact) mass is 1900 g/mol. The van der Waals surface area contributed by atoms with Gasteiger partial charge in [0.1, 0.15) is 68.3 Å². The molecular formula is C102H97FN26O12. The van der Waals surface area contributed by atoms with Crippen molar-refractivity contribution in [1.82, 2.24) is 89.1 Å². The van der Waals surface area contributed by atoms with E-state index in [0.717, 1.165) is 61.4 Å². The number of carbonyl (C=O) groups is 4. The topological polar surface area (TPSA) is 501 Å². The van der Waals surface area contributed by atoms with Crippen molar-refractivity contribution < 1.29 is 42.5 Å². The summed E-state index contributed by atoms with van der Waals surface area (Å²) < 4.78 is 42.9. The molecule has 8 amide bonds. The normalized spacial score (nSPS) is 11.4. The summed E-state index contributed by atoms with van der Waals surface area (Å²) in [5.74, 6) is 5.39. The lowest BCUT2D eigenvalue weighted by Gasteiger charge is -2.14. The molecule has 0 atom stereocenters. The van der Waals surface area contributed by atoms with Crippen LogP contribution in [0.2, 0.25) is 0 Å². The molecule has 20 aromatic rings. The molecule has 0 bridgehead atoms. The van der Waals surface area contributed by atoms with E-state index >= 15 is 0 Å². The van der Waals surface area contributed by atoms with Crippen LogP contribution in [0.5, 0.6) is 46.0 Å². The number of H-pyrrole nitrogens is 8. The van der Waals surface area contributed by atoms with Crippen LogP contribution in [0, 0.1) is 12.7 Å². The molecule has 0 aliphatic carbocycles. The number of hydrogen-bond donors (Lipinski definition) is 16. The van der Waals surface area contributed by atoms with Crippen molar-refractivity contribution in [2.24, 2.45) is 7.05 Å². The number of hydrogen-bond acceptors (Lipinski definition) is 19. The number of aromatic nitrogens is 18. The number of rotatable bonds is 19. The number of fused-ring (bicyclic) bond motifs is 7. The number of pyridine rings is 4. The Balaban J connectivity index is 0.000000130. The zero-order chi connectivity index (χ0) is 99.1. The van der Waals surface area contributed by atoms with Crippen molar-refractivity contribution in [3.63, 3.8) is 0 Å². The predicted molar refractivity (Wildman–Crippen MR) is 543 cm³/mol. The summed E-state index contributed by atoms with van der Waals surface area (Å²) in [7, 11) is 1.79. The number of urea groups is 4. The SMILES string of the molecule is CC(C)(C)c1cc(NC(=O)Nc2ccc(Oc3ccnc4[nH]c(=O)[nH]c34)c3ccccc23)n(-c2ccc(F)cc2)n1.CCCn1nc(C(C)(C)C)cc1NC(=O)Nc1ccc(Oc2ccnc3[nH]c(=O)[nH]c23)cc1.Cc1cccc(NC(=O)Nc2ccc(Oc3ccnc4[nH]c(=O)[nH]c34)c3ccccc23)c1.Cn1nc(C(C)(C)C)cc1NC(=O)Nc1ccc(Oc2ccnc3[nH]c(=O)[nH]c23)c2ccccc12. The summed E-state index contributed by atoms with van der Waals surface area (Å²) in [6, 6.07) is 64.4. The highest BCUT2D eigenvalue weighted by molar-refractivity contribution is 6.10. The Morgan fingerprint density at radius 3 is 1.12 bits per heavy atom. The van der Waals surface area contributed by atoms with Crippen LogP contribution in [0.3, 0.4) is 0 Å². The van der Waals surface area contributed by atoms with E-state index in [0.29, 0.717) is 149 Å². The maximum Gasteiger partial charge on any atom is 0.325 e. The Hall–Kier alpha value is -18.7. The van der Waals surface area contributed by atoms with Gasteiger partial charge in [0, 0.05) is 141 Å². The van der Waals surface area contributed by atoms with Crippen molar-refractivity contribution in [3.8, 4) is 51.7 Å². The maximum absolute atomic E-state index is 13.6. The van der Waals surface area contributed by atoms with Gasteiger partial charge in [0.15, 0.2) is 45.6 Å². The fourth-order valence-corrected chi connectivity index (χ4v) is 15.1. The number of amides is 8. The van der Waals surface area contributed by atoms with Crippen molar-refractivity contribution in [3.05, 3.63) is 320 Å². The number of aromatic amines is 8. The van der Waals surface area contributed by atoms with Gasteiger partial charge in [0.25, 0.3) is 0 Å². The highest BCUT2D eigenvalue weighted by atomic mass is 19.1. The second-order valence-corrected chi connectivity index (χ2v) is 35.8. The number of ether oxygens (including phenoxy) is 4. The molecule has 11 aromatic heterocycles. The average Bonchev–Trinajstić information content (AvgIpc) is 1.77. The van der Waals surface area contributed by atoms with Crippen molar-refractivity contribution >= 4 is 147 Å². The van der Waals surface area contributed by atoms with Crippen molar-refractivity contribution in [2.45, 2.75) is 105 Å². The molecule has 11 heterocycles. The summed E-state index contributed by atoms with van der Waals surface area (Å²) in [5.41, 5.74) is 8.97. The van der Waals surface area contributed by atoms with E-state index in [4.69, 9.17) is 18.9 Å². The fraction of sp³-hybridized carbons (Fsp3) is 0.167. The Morgan fingerprint density at radius 1 is 0.348 bits per heavy atom. The van der Waals surface area contributed by atoms with Gasteiger partial charge in [-0.05, 0) is 116 Å². The number of imidazole rings is 4. The summed E-state index contributed by atoms with van der Waals surface area (Å²) in [6.45, 7) is 23.3. The Labute approximate surface area is 800 Å². The van der Waals surface area contributed by atoms with E-state index < -0.39 is 6.03 Å². The molecule has 38 nitrogen and oxygen atoms in total. The molecule has 0 unspecified atom stereocenters. The Bertz CT molecular complexity index is 8370.